The van der Waals surface area contributed by atoms with Crippen LogP contribution in [0.3, 0.4) is 0 Å². The third-order valence-electron chi connectivity index (χ3n) is 2.80. The molecule has 4 nitrogen and oxygen atoms in total. The Morgan fingerprint density at radius 3 is 3.29 bits per heavy atom. The Kier molecular flexibility index (Phi) is 4.50. The monoisotopic (exact) mass is 274 g/mol. The van der Waals surface area contributed by atoms with Crippen LogP contribution in [0.25, 0.3) is 0 Å². The first kappa shape index (κ1) is 13.0. The Labute approximate surface area is 110 Å². The second-order valence-corrected chi connectivity index (χ2v) is 5.04. The highest BCUT2D eigenvalue weighted by atomic mass is 35.5. The lowest BCUT2D eigenvalue weighted by molar-refractivity contribution is -0.0282. The van der Waals surface area contributed by atoms with E-state index in [2.05, 4.69) is 16.8 Å². The normalized spacial score (nSPS) is 21.6. The molecule has 94 valence electrons. The molecule has 0 aliphatic carbocycles. The van der Waals surface area contributed by atoms with E-state index in [9.17, 15) is 4.79 Å². The SMILES string of the molecule is CCN1CCOC(c2nc(C(=O)CCl)cs2)C1. The molecule has 0 spiro atoms. The summed E-state index contributed by atoms with van der Waals surface area (Å²) in [6.45, 7) is 5.67. The molecule has 1 unspecified atom stereocenters. The number of hydrogen-bond acceptors (Lipinski definition) is 5. The zero-order valence-corrected chi connectivity index (χ0v) is 11.3. The molecule has 1 atom stereocenters. The van der Waals surface area contributed by atoms with Crippen molar-refractivity contribution in [1.29, 1.82) is 0 Å². The van der Waals surface area contributed by atoms with Gasteiger partial charge in [-0.3, -0.25) is 9.69 Å². The van der Waals surface area contributed by atoms with Crippen molar-refractivity contribution in [3.05, 3.63) is 16.1 Å². The van der Waals surface area contributed by atoms with E-state index in [1.165, 1.54) is 11.3 Å². The fourth-order valence-electron chi connectivity index (χ4n) is 1.77. The van der Waals surface area contributed by atoms with Crippen molar-refractivity contribution in [2.24, 2.45) is 0 Å². The minimum absolute atomic E-state index is 0.00873. The number of carbonyl (C=O) groups is 1. The third-order valence-corrected chi connectivity index (χ3v) is 3.98. The van der Waals surface area contributed by atoms with E-state index in [0.29, 0.717) is 5.69 Å². The van der Waals surface area contributed by atoms with Gasteiger partial charge >= 0.3 is 0 Å². The number of nitrogens with zero attached hydrogens (tertiary/aromatic N) is 2. The van der Waals surface area contributed by atoms with Crippen LogP contribution in [0, 0.1) is 0 Å². The van der Waals surface area contributed by atoms with Crippen molar-refractivity contribution < 1.29 is 9.53 Å². The molecule has 0 N–H and O–H groups in total. The van der Waals surface area contributed by atoms with Gasteiger partial charge in [-0.2, -0.15) is 0 Å². The van der Waals surface area contributed by atoms with Gasteiger partial charge in [-0.25, -0.2) is 4.98 Å². The Morgan fingerprint density at radius 2 is 2.59 bits per heavy atom. The van der Waals surface area contributed by atoms with Gasteiger partial charge < -0.3 is 4.74 Å². The van der Waals surface area contributed by atoms with Crippen molar-refractivity contribution >= 4 is 28.7 Å². The van der Waals surface area contributed by atoms with Crippen molar-refractivity contribution in [3.63, 3.8) is 0 Å². The summed E-state index contributed by atoms with van der Waals surface area (Å²) in [5.41, 5.74) is 0.456. The lowest BCUT2D eigenvalue weighted by Gasteiger charge is -2.30. The summed E-state index contributed by atoms with van der Waals surface area (Å²) in [6.07, 6.45) is -0.00873. The molecule has 6 heteroatoms. The summed E-state index contributed by atoms with van der Waals surface area (Å²) in [7, 11) is 0. The molecular formula is C11H15ClN2O2S. The number of ketones is 1. The second kappa shape index (κ2) is 5.91. The van der Waals surface area contributed by atoms with Gasteiger partial charge in [0.25, 0.3) is 0 Å². The lowest BCUT2D eigenvalue weighted by atomic mass is 10.3. The van der Waals surface area contributed by atoms with Crippen LogP contribution in [0.1, 0.15) is 28.5 Å². The molecule has 1 saturated heterocycles. The molecule has 1 aliphatic heterocycles. The van der Waals surface area contributed by atoms with E-state index in [1.807, 2.05) is 0 Å². The first-order valence-electron chi connectivity index (χ1n) is 5.63. The van der Waals surface area contributed by atoms with E-state index in [1.54, 1.807) is 5.38 Å². The van der Waals surface area contributed by atoms with Crippen LogP contribution in [-0.4, -0.2) is 47.8 Å². The minimum Gasteiger partial charge on any atom is -0.368 e. The highest BCUT2D eigenvalue weighted by Gasteiger charge is 2.24. The van der Waals surface area contributed by atoms with Crippen molar-refractivity contribution in [3.8, 4) is 0 Å². The number of carbonyl (C=O) groups excluding carboxylic acids is 1. The van der Waals surface area contributed by atoms with Gasteiger partial charge in [0.2, 0.25) is 0 Å². The van der Waals surface area contributed by atoms with E-state index in [4.69, 9.17) is 16.3 Å². The van der Waals surface area contributed by atoms with Crippen LogP contribution in [0.4, 0.5) is 0 Å². The first-order chi connectivity index (χ1) is 8.24. The Balaban J connectivity index is 2.06. The predicted molar refractivity (Wildman–Crippen MR) is 68.0 cm³/mol. The molecule has 0 radical (unpaired) electrons. The van der Waals surface area contributed by atoms with Gasteiger partial charge in [0.1, 0.15) is 16.8 Å². The number of morpholine rings is 1. The first-order valence-corrected chi connectivity index (χ1v) is 7.04. The summed E-state index contributed by atoms with van der Waals surface area (Å²) in [6, 6.07) is 0. The zero-order valence-electron chi connectivity index (χ0n) is 9.69. The largest absolute Gasteiger partial charge is 0.368 e. The standard InChI is InChI=1S/C11H15ClN2O2S/c1-2-14-3-4-16-10(6-14)11-13-8(7-17-11)9(15)5-12/h7,10H,2-6H2,1H3. The molecule has 1 aromatic rings. The molecule has 17 heavy (non-hydrogen) atoms. The summed E-state index contributed by atoms with van der Waals surface area (Å²) < 4.78 is 5.68. The van der Waals surface area contributed by atoms with Gasteiger partial charge in [0.05, 0.1) is 12.5 Å². The van der Waals surface area contributed by atoms with Crippen molar-refractivity contribution in [2.45, 2.75) is 13.0 Å². The summed E-state index contributed by atoms with van der Waals surface area (Å²) in [4.78, 5) is 18.0. The molecule has 2 rings (SSSR count). The smallest absolute Gasteiger partial charge is 0.196 e. The lowest BCUT2D eigenvalue weighted by Crippen LogP contribution is -2.38. The zero-order chi connectivity index (χ0) is 12.3. The number of hydrogen-bond donors (Lipinski definition) is 0. The number of aromatic nitrogens is 1. The maximum Gasteiger partial charge on any atom is 0.196 e. The molecule has 0 amide bonds. The van der Waals surface area contributed by atoms with E-state index >= 15 is 0 Å². The van der Waals surface area contributed by atoms with Crippen LogP contribution < -0.4 is 0 Å². The fraction of sp³-hybridized carbons (Fsp3) is 0.636. The molecule has 2 heterocycles. The number of halogens is 1. The van der Waals surface area contributed by atoms with Gasteiger partial charge in [-0.05, 0) is 6.54 Å². The quantitative estimate of drug-likeness (QED) is 0.622. The minimum atomic E-state index is -0.127. The molecule has 1 aromatic heterocycles. The van der Waals surface area contributed by atoms with Gasteiger partial charge in [-0.15, -0.1) is 22.9 Å². The summed E-state index contributed by atoms with van der Waals surface area (Å²) >= 11 is 6.97. The summed E-state index contributed by atoms with van der Waals surface area (Å²) in [5, 5.41) is 2.63. The maximum atomic E-state index is 11.4. The number of Topliss-reactive ketones (excluding diaryl/α,β-unsaturated/α-hetero) is 1. The average Bonchev–Trinajstić information content (AvgIpc) is 2.87. The van der Waals surface area contributed by atoms with Gasteiger partial charge in [-0.1, -0.05) is 6.92 Å². The van der Waals surface area contributed by atoms with Crippen molar-refractivity contribution in [2.75, 3.05) is 32.1 Å². The highest BCUT2D eigenvalue weighted by molar-refractivity contribution is 7.09. The van der Waals surface area contributed by atoms with Crippen LogP contribution >= 0.6 is 22.9 Å². The predicted octanol–water partition coefficient (Wildman–Crippen LogP) is 1.96. The molecule has 0 aromatic carbocycles. The number of thiazole rings is 1. The fourth-order valence-corrected chi connectivity index (χ4v) is 2.77. The number of ether oxygens (including phenoxy) is 1. The van der Waals surface area contributed by atoms with Crippen LogP contribution in [-0.2, 0) is 4.74 Å². The Bertz CT molecular complexity index is 397. The maximum absolute atomic E-state index is 11.4. The van der Waals surface area contributed by atoms with Crippen molar-refractivity contribution in [1.82, 2.24) is 9.88 Å². The number of alkyl halides is 1. The van der Waals surface area contributed by atoms with Gasteiger partial charge in [0.15, 0.2) is 5.78 Å². The third kappa shape index (κ3) is 3.04. The topological polar surface area (TPSA) is 42.4 Å². The Morgan fingerprint density at radius 1 is 1.76 bits per heavy atom. The van der Waals surface area contributed by atoms with Crippen LogP contribution in [0.15, 0.2) is 5.38 Å². The molecule has 1 fully saturated rings. The molecule has 0 bridgehead atoms. The second-order valence-electron chi connectivity index (χ2n) is 3.88. The number of rotatable bonds is 4. The van der Waals surface area contributed by atoms with E-state index in [0.717, 1.165) is 31.2 Å². The molecule has 1 aliphatic rings. The number of likely N-dealkylation sites (N-methyl/N-ethyl adjacent to an activating group) is 1. The van der Waals surface area contributed by atoms with Crippen LogP contribution in [0.5, 0.6) is 0 Å². The van der Waals surface area contributed by atoms with Crippen LogP contribution in [0.2, 0.25) is 0 Å². The Hall–Kier alpha value is -0.490. The van der Waals surface area contributed by atoms with Gasteiger partial charge in [0, 0.05) is 18.5 Å². The average molecular weight is 275 g/mol. The van der Waals surface area contributed by atoms with E-state index in [-0.39, 0.29) is 17.8 Å². The highest BCUT2D eigenvalue weighted by Crippen LogP contribution is 2.25. The van der Waals surface area contributed by atoms with E-state index < -0.39 is 0 Å². The molecular weight excluding hydrogens is 260 g/mol. The summed E-state index contributed by atoms with van der Waals surface area (Å²) in [5.74, 6) is -0.146. The molecule has 0 saturated carbocycles.